The first-order valence-electron chi connectivity index (χ1n) is 7.33. The van der Waals surface area contributed by atoms with E-state index in [9.17, 15) is 9.59 Å². The maximum absolute atomic E-state index is 12.1. The number of hydrogen-bond acceptors (Lipinski definition) is 3. The van der Waals surface area contributed by atoms with Crippen LogP contribution in [0, 0.1) is 6.92 Å². The molecule has 0 unspecified atom stereocenters. The van der Waals surface area contributed by atoms with Crippen LogP contribution in [0.1, 0.15) is 21.5 Å². The molecule has 2 aromatic carbocycles. The zero-order chi connectivity index (χ0) is 16.7. The number of nitrogens with one attached hydrogen (secondary N) is 2. The van der Waals surface area contributed by atoms with E-state index >= 15 is 0 Å². The highest BCUT2D eigenvalue weighted by molar-refractivity contribution is 5.98. The Hall–Kier alpha value is -2.82. The van der Waals surface area contributed by atoms with Gasteiger partial charge >= 0.3 is 0 Å². The van der Waals surface area contributed by atoms with Crippen LogP contribution in [0.15, 0.2) is 48.5 Å². The lowest BCUT2D eigenvalue weighted by molar-refractivity contribution is -0.120. The molecule has 120 valence electrons. The Kier molecular flexibility index (Phi) is 5.74. The summed E-state index contributed by atoms with van der Waals surface area (Å²) in [7, 11) is 1.50. The van der Waals surface area contributed by atoms with Gasteiger partial charge in [0.2, 0.25) is 5.91 Å². The average Bonchev–Trinajstić information content (AvgIpc) is 2.59. The number of rotatable bonds is 6. The van der Waals surface area contributed by atoms with Crippen LogP contribution in [0.5, 0.6) is 5.75 Å². The second kappa shape index (κ2) is 7.98. The SMILES string of the molecule is COc1ccccc1C(=O)NCC(=O)NCc1ccc(C)cc1. The zero-order valence-corrected chi connectivity index (χ0v) is 13.3. The Morgan fingerprint density at radius 1 is 1.00 bits per heavy atom. The largest absolute Gasteiger partial charge is 0.496 e. The molecule has 5 nitrogen and oxygen atoms in total. The second-order valence-corrected chi connectivity index (χ2v) is 5.15. The van der Waals surface area contributed by atoms with E-state index in [0.29, 0.717) is 17.9 Å². The molecule has 0 saturated heterocycles. The minimum atomic E-state index is -0.340. The van der Waals surface area contributed by atoms with Crippen molar-refractivity contribution in [1.82, 2.24) is 10.6 Å². The molecule has 23 heavy (non-hydrogen) atoms. The first-order valence-corrected chi connectivity index (χ1v) is 7.33. The standard InChI is InChI=1S/C18H20N2O3/c1-13-7-9-14(10-8-13)11-19-17(21)12-20-18(22)15-5-3-4-6-16(15)23-2/h3-10H,11-12H2,1-2H3,(H,19,21)(H,20,22). The molecule has 0 spiro atoms. The van der Waals surface area contributed by atoms with Crippen molar-refractivity contribution in [3.05, 3.63) is 65.2 Å². The van der Waals surface area contributed by atoms with Gasteiger partial charge in [0.05, 0.1) is 19.2 Å². The predicted octanol–water partition coefficient (Wildman–Crippen LogP) is 2.05. The summed E-state index contributed by atoms with van der Waals surface area (Å²) in [6.45, 7) is 2.36. The molecule has 2 N–H and O–H groups in total. The fourth-order valence-electron chi connectivity index (χ4n) is 2.06. The van der Waals surface area contributed by atoms with Crippen LogP contribution in [0.4, 0.5) is 0 Å². The summed E-state index contributed by atoms with van der Waals surface area (Å²) < 4.78 is 5.13. The summed E-state index contributed by atoms with van der Waals surface area (Å²) in [6.07, 6.45) is 0. The molecular weight excluding hydrogens is 292 g/mol. The third-order valence-electron chi connectivity index (χ3n) is 3.37. The molecule has 0 saturated carbocycles. The number of amides is 2. The van der Waals surface area contributed by atoms with E-state index in [-0.39, 0.29) is 18.4 Å². The molecule has 0 radical (unpaired) electrons. The summed E-state index contributed by atoms with van der Waals surface area (Å²) >= 11 is 0. The lowest BCUT2D eigenvalue weighted by Crippen LogP contribution is -2.36. The molecule has 0 fully saturated rings. The molecule has 0 aliphatic rings. The van der Waals surface area contributed by atoms with Crippen molar-refractivity contribution in [2.45, 2.75) is 13.5 Å². The topological polar surface area (TPSA) is 67.4 Å². The van der Waals surface area contributed by atoms with E-state index in [2.05, 4.69) is 10.6 Å². The van der Waals surface area contributed by atoms with E-state index in [1.54, 1.807) is 24.3 Å². The summed E-state index contributed by atoms with van der Waals surface area (Å²) in [5.41, 5.74) is 2.59. The molecular formula is C18H20N2O3. The van der Waals surface area contributed by atoms with Gasteiger partial charge in [0.1, 0.15) is 5.75 Å². The van der Waals surface area contributed by atoms with Gasteiger partial charge in [-0.15, -0.1) is 0 Å². The van der Waals surface area contributed by atoms with Crippen LogP contribution in [0.3, 0.4) is 0 Å². The van der Waals surface area contributed by atoms with Crippen LogP contribution >= 0.6 is 0 Å². The molecule has 0 atom stereocenters. The van der Waals surface area contributed by atoms with E-state index in [1.165, 1.54) is 12.7 Å². The average molecular weight is 312 g/mol. The van der Waals surface area contributed by atoms with E-state index in [0.717, 1.165) is 5.56 Å². The number of hydrogen-bond donors (Lipinski definition) is 2. The summed E-state index contributed by atoms with van der Waals surface area (Å²) in [5, 5.41) is 5.36. The Morgan fingerprint density at radius 2 is 1.70 bits per heavy atom. The Balaban J connectivity index is 1.82. The number of ether oxygens (including phenoxy) is 1. The highest BCUT2D eigenvalue weighted by Crippen LogP contribution is 2.16. The van der Waals surface area contributed by atoms with Gasteiger partial charge in [-0.2, -0.15) is 0 Å². The fraction of sp³-hybridized carbons (Fsp3) is 0.222. The van der Waals surface area contributed by atoms with Crippen LogP contribution in [0.2, 0.25) is 0 Å². The number of carbonyl (C=O) groups excluding carboxylic acids is 2. The summed E-state index contributed by atoms with van der Waals surface area (Å²) in [5.74, 6) is -0.105. The molecule has 2 amide bonds. The maximum atomic E-state index is 12.1. The second-order valence-electron chi connectivity index (χ2n) is 5.15. The van der Waals surface area contributed by atoms with Crippen molar-refractivity contribution in [2.24, 2.45) is 0 Å². The van der Waals surface area contributed by atoms with Gasteiger partial charge in [-0.25, -0.2) is 0 Å². The normalized spacial score (nSPS) is 10.0. The van der Waals surface area contributed by atoms with Crippen LogP contribution in [-0.2, 0) is 11.3 Å². The van der Waals surface area contributed by atoms with Crippen molar-refractivity contribution in [1.29, 1.82) is 0 Å². The predicted molar refractivity (Wildman–Crippen MR) is 88.4 cm³/mol. The van der Waals surface area contributed by atoms with Crippen molar-refractivity contribution in [3.63, 3.8) is 0 Å². The van der Waals surface area contributed by atoms with Crippen molar-refractivity contribution in [3.8, 4) is 5.75 Å². The third-order valence-corrected chi connectivity index (χ3v) is 3.37. The minimum Gasteiger partial charge on any atom is -0.496 e. The van der Waals surface area contributed by atoms with Crippen LogP contribution in [-0.4, -0.2) is 25.5 Å². The van der Waals surface area contributed by atoms with Gasteiger partial charge in [0.15, 0.2) is 0 Å². The maximum Gasteiger partial charge on any atom is 0.255 e. The number of carbonyl (C=O) groups is 2. The molecule has 0 aliphatic carbocycles. The van der Waals surface area contributed by atoms with Crippen molar-refractivity contribution < 1.29 is 14.3 Å². The molecule has 0 bridgehead atoms. The zero-order valence-electron chi connectivity index (χ0n) is 13.3. The Bertz CT molecular complexity index is 681. The highest BCUT2D eigenvalue weighted by Gasteiger charge is 2.12. The van der Waals surface area contributed by atoms with Gasteiger partial charge in [-0.3, -0.25) is 9.59 Å². The van der Waals surface area contributed by atoms with Gasteiger partial charge in [0, 0.05) is 6.54 Å². The monoisotopic (exact) mass is 312 g/mol. The third kappa shape index (κ3) is 4.85. The van der Waals surface area contributed by atoms with Gasteiger partial charge in [0.25, 0.3) is 5.91 Å². The molecule has 0 aromatic heterocycles. The van der Waals surface area contributed by atoms with E-state index in [1.807, 2.05) is 31.2 Å². The summed E-state index contributed by atoms with van der Waals surface area (Å²) in [6, 6.07) is 14.8. The number of para-hydroxylation sites is 1. The number of aryl methyl sites for hydroxylation is 1. The lowest BCUT2D eigenvalue weighted by atomic mass is 10.1. The van der Waals surface area contributed by atoms with Crippen molar-refractivity contribution in [2.75, 3.05) is 13.7 Å². The Morgan fingerprint density at radius 3 is 2.39 bits per heavy atom. The molecule has 0 aliphatic heterocycles. The minimum absolute atomic E-state index is 0.0806. The van der Waals surface area contributed by atoms with Gasteiger partial charge in [-0.1, -0.05) is 42.0 Å². The quantitative estimate of drug-likeness (QED) is 0.858. The summed E-state index contributed by atoms with van der Waals surface area (Å²) in [4.78, 5) is 23.9. The molecule has 2 rings (SSSR count). The lowest BCUT2D eigenvalue weighted by Gasteiger charge is -2.09. The first-order chi connectivity index (χ1) is 11.1. The molecule has 5 heteroatoms. The Labute approximate surface area is 135 Å². The van der Waals surface area contributed by atoms with Gasteiger partial charge < -0.3 is 15.4 Å². The number of benzene rings is 2. The van der Waals surface area contributed by atoms with Crippen LogP contribution in [0.25, 0.3) is 0 Å². The fourth-order valence-corrected chi connectivity index (χ4v) is 2.06. The van der Waals surface area contributed by atoms with E-state index < -0.39 is 0 Å². The molecule has 2 aromatic rings. The number of methoxy groups -OCH3 is 1. The smallest absolute Gasteiger partial charge is 0.255 e. The highest BCUT2D eigenvalue weighted by atomic mass is 16.5. The van der Waals surface area contributed by atoms with Crippen molar-refractivity contribution >= 4 is 11.8 Å². The van der Waals surface area contributed by atoms with E-state index in [4.69, 9.17) is 4.74 Å². The molecule has 0 heterocycles. The van der Waals surface area contributed by atoms with Gasteiger partial charge in [-0.05, 0) is 24.6 Å². The first kappa shape index (κ1) is 16.5. The van der Waals surface area contributed by atoms with Crippen LogP contribution < -0.4 is 15.4 Å².